The molecule has 0 aliphatic rings. The first-order valence-electron chi connectivity index (χ1n) is 6.52. The quantitative estimate of drug-likeness (QED) is 0.733. The molecule has 0 spiro atoms. The molecular formula is C14H20N4. The number of aryl methyl sites for hydroxylation is 1. The fourth-order valence-electron chi connectivity index (χ4n) is 1.92. The summed E-state index contributed by atoms with van der Waals surface area (Å²) in [6.45, 7) is 0.771. The molecule has 96 valence electrons. The summed E-state index contributed by atoms with van der Waals surface area (Å²) >= 11 is 0. The van der Waals surface area contributed by atoms with Crippen molar-refractivity contribution in [1.82, 2.24) is 15.2 Å². The highest BCUT2D eigenvalue weighted by atomic mass is 15.2. The van der Waals surface area contributed by atoms with Gasteiger partial charge in [-0.05, 0) is 24.9 Å². The fourth-order valence-corrected chi connectivity index (χ4v) is 1.92. The number of nitrogens with one attached hydrogen (secondary N) is 1. The number of H-pyrrole nitrogens is 1. The third-order valence-corrected chi connectivity index (χ3v) is 2.90. The number of nitrogens with two attached hydrogens (primary N) is 1. The number of aromatic amines is 1. The van der Waals surface area contributed by atoms with Gasteiger partial charge in [-0.25, -0.2) is 4.98 Å². The molecule has 0 radical (unpaired) electrons. The van der Waals surface area contributed by atoms with E-state index in [1.807, 2.05) is 18.2 Å². The Morgan fingerprint density at radius 1 is 1.06 bits per heavy atom. The molecule has 0 aliphatic carbocycles. The van der Waals surface area contributed by atoms with Gasteiger partial charge in [0.15, 0.2) is 5.82 Å². The Balaban J connectivity index is 1.83. The minimum Gasteiger partial charge on any atom is -0.330 e. The van der Waals surface area contributed by atoms with E-state index in [0.29, 0.717) is 0 Å². The number of aromatic nitrogens is 3. The summed E-state index contributed by atoms with van der Waals surface area (Å²) in [5.41, 5.74) is 6.71. The van der Waals surface area contributed by atoms with Crippen molar-refractivity contribution in [1.29, 1.82) is 0 Å². The first-order chi connectivity index (χ1) is 8.88. The Hall–Kier alpha value is -1.68. The van der Waals surface area contributed by atoms with Crippen LogP contribution in [0.15, 0.2) is 30.3 Å². The second-order valence-corrected chi connectivity index (χ2v) is 4.46. The highest BCUT2D eigenvalue weighted by Crippen LogP contribution is 2.06. The van der Waals surface area contributed by atoms with Crippen LogP contribution in [0.5, 0.6) is 0 Å². The average molecular weight is 244 g/mol. The molecule has 4 heteroatoms. The monoisotopic (exact) mass is 244 g/mol. The molecule has 1 aromatic heterocycles. The maximum atomic E-state index is 5.46. The summed E-state index contributed by atoms with van der Waals surface area (Å²) in [5, 5.41) is 7.25. The number of benzene rings is 1. The number of hydrogen-bond donors (Lipinski definition) is 2. The van der Waals surface area contributed by atoms with E-state index in [9.17, 15) is 0 Å². The van der Waals surface area contributed by atoms with Crippen LogP contribution in [-0.2, 0) is 12.8 Å². The first kappa shape index (κ1) is 12.8. The zero-order valence-electron chi connectivity index (χ0n) is 10.6. The molecule has 0 atom stereocenters. The van der Waals surface area contributed by atoms with E-state index in [4.69, 9.17) is 5.73 Å². The molecule has 0 amide bonds. The zero-order valence-corrected chi connectivity index (χ0v) is 10.6. The number of hydrogen-bond acceptors (Lipinski definition) is 3. The van der Waals surface area contributed by atoms with Crippen molar-refractivity contribution in [3.8, 4) is 0 Å². The summed E-state index contributed by atoms with van der Waals surface area (Å²) in [4.78, 5) is 4.51. The molecule has 0 saturated carbocycles. The van der Waals surface area contributed by atoms with Crippen LogP contribution in [0, 0.1) is 0 Å². The van der Waals surface area contributed by atoms with Crippen molar-refractivity contribution in [3.05, 3.63) is 47.5 Å². The van der Waals surface area contributed by atoms with Crippen LogP contribution < -0.4 is 5.73 Å². The fraction of sp³-hybridized carbons (Fsp3) is 0.429. The summed E-state index contributed by atoms with van der Waals surface area (Å²) in [5.74, 6) is 1.85. The molecule has 0 unspecified atom stereocenters. The molecule has 0 fully saturated rings. The highest BCUT2D eigenvalue weighted by Gasteiger charge is 2.03. The van der Waals surface area contributed by atoms with Gasteiger partial charge in [0.25, 0.3) is 0 Å². The predicted molar refractivity (Wildman–Crippen MR) is 72.2 cm³/mol. The maximum Gasteiger partial charge on any atom is 0.150 e. The van der Waals surface area contributed by atoms with Crippen LogP contribution in [-0.4, -0.2) is 21.7 Å². The number of nitrogens with zero attached hydrogens (tertiary/aromatic N) is 2. The first-order valence-corrected chi connectivity index (χ1v) is 6.52. The lowest BCUT2D eigenvalue weighted by Gasteiger charge is -1.96. The lowest BCUT2D eigenvalue weighted by molar-refractivity contribution is 0.670. The molecule has 2 rings (SSSR count). The smallest absolute Gasteiger partial charge is 0.150 e. The van der Waals surface area contributed by atoms with E-state index in [0.717, 1.165) is 50.3 Å². The van der Waals surface area contributed by atoms with E-state index in [2.05, 4.69) is 27.3 Å². The summed E-state index contributed by atoms with van der Waals surface area (Å²) in [7, 11) is 0. The molecule has 1 aromatic carbocycles. The highest BCUT2D eigenvalue weighted by molar-refractivity contribution is 5.18. The molecule has 0 saturated heterocycles. The van der Waals surface area contributed by atoms with Gasteiger partial charge in [0.1, 0.15) is 5.82 Å². The molecular weight excluding hydrogens is 224 g/mol. The van der Waals surface area contributed by atoms with Gasteiger partial charge < -0.3 is 5.73 Å². The van der Waals surface area contributed by atoms with E-state index in [1.165, 1.54) is 5.56 Å². The van der Waals surface area contributed by atoms with Crippen LogP contribution in [0.25, 0.3) is 0 Å². The lowest BCUT2D eigenvalue weighted by atomic mass is 10.1. The van der Waals surface area contributed by atoms with E-state index in [-0.39, 0.29) is 0 Å². The van der Waals surface area contributed by atoms with Crippen LogP contribution in [0.4, 0.5) is 0 Å². The van der Waals surface area contributed by atoms with Gasteiger partial charge in [0.2, 0.25) is 0 Å². The van der Waals surface area contributed by atoms with Crippen LogP contribution in [0.2, 0.25) is 0 Å². The second-order valence-electron chi connectivity index (χ2n) is 4.46. The molecule has 0 bridgehead atoms. The van der Waals surface area contributed by atoms with Gasteiger partial charge in [0, 0.05) is 12.8 Å². The largest absolute Gasteiger partial charge is 0.330 e. The van der Waals surface area contributed by atoms with Crippen LogP contribution >= 0.6 is 0 Å². The molecule has 2 aromatic rings. The standard InChI is InChI=1S/C14H20N4/c15-10-6-2-5-9-13-16-14(18-17-13)11-12-7-3-1-4-8-12/h1,3-4,7-8H,2,5-6,9-11,15H2,(H,16,17,18). The van der Waals surface area contributed by atoms with Gasteiger partial charge in [-0.15, -0.1) is 0 Å². The minimum absolute atomic E-state index is 0.771. The van der Waals surface area contributed by atoms with Gasteiger partial charge in [-0.1, -0.05) is 36.8 Å². The molecule has 0 aliphatic heterocycles. The summed E-state index contributed by atoms with van der Waals surface area (Å²) in [6, 6.07) is 10.3. The van der Waals surface area contributed by atoms with Crippen molar-refractivity contribution < 1.29 is 0 Å². The molecule has 4 nitrogen and oxygen atoms in total. The van der Waals surface area contributed by atoms with Crippen LogP contribution in [0.3, 0.4) is 0 Å². The number of unbranched alkanes of at least 4 members (excludes halogenated alkanes) is 2. The molecule has 1 heterocycles. The van der Waals surface area contributed by atoms with Crippen molar-refractivity contribution in [2.24, 2.45) is 5.73 Å². The third kappa shape index (κ3) is 3.96. The SMILES string of the molecule is NCCCCCc1n[nH]c(Cc2ccccc2)n1. The third-order valence-electron chi connectivity index (χ3n) is 2.90. The van der Waals surface area contributed by atoms with Gasteiger partial charge >= 0.3 is 0 Å². The topological polar surface area (TPSA) is 67.6 Å². The van der Waals surface area contributed by atoms with Crippen molar-refractivity contribution in [2.45, 2.75) is 32.1 Å². The van der Waals surface area contributed by atoms with E-state index < -0.39 is 0 Å². The lowest BCUT2D eigenvalue weighted by Crippen LogP contribution is -1.98. The zero-order chi connectivity index (χ0) is 12.6. The average Bonchev–Trinajstić information content (AvgIpc) is 2.84. The normalized spacial score (nSPS) is 10.7. The Bertz CT molecular complexity index is 450. The maximum absolute atomic E-state index is 5.46. The van der Waals surface area contributed by atoms with E-state index in [1.54, 1.807) is 0 Å². The van der Waals surface area contributed by atoms with Crippen molar-refractivity contribution in [2.75, 3.05) is 6.54 Å². The molecule has 18 heavy (non-hydrogen) atoms. The molecule has 3 N–H and O–H groups in total. The predicted octanol–water partition coefficient (Wildman–Crippen LogP) is 2.07. The van der Waals surface area contributed by atoms with Gasteiger partial charge in [0.05, 0.1) is 0 Å². The Morgan fingerprint density at radius 3 is 2.67 bits per heavy atom. The van der Waals surface area contributed by atoms with Crippen molar-refractivity contribution >= 4 is 0 Å². The van der Waals surface area contributed by atoms with Crippen molar-refractivity contribution in [3.63, 3.8) is 0 Å². The van der Waals surface area contributed by atoms with E-state index >= 15 is 0 Å². The Kier molecular flexibility index (Phi) is 4.90. The minimum atomic E-state index is 0.771. The Labute approximate surface area is 108 Å². The second kappa shape index (κ2) is 6.91. The number of rotatable bonds is 7. The summed E-state index contributed by atoms with van der Waals surface area (Å²) in [6.07, 6.45) is 5.10. The Morgan fingerprint density at radius 2 is 1.89 bits per heavy atom. The van der Waals surface area contributed by atoms with Gasteiger partial charge in [-0.2, -0.15) is 5.10 Å². The summed E-state index contributed by atoms with van der Waals surface area (Å²) < 4.78 is 0. The van der Waals surface area contributed by atoms with Gasteiger partial charge in [-0.3, -0.25) is 5.10 Å². The van der Waals surface area contributed by atoms with Crippen LogP contribution in [0.1, 0.15) is 36.5 Å².